The standard InChI is InChI=1S/C11H12O3/c1-2-5-9(11(13)14)8-6-3-4-7-10(8)12/h2-4,6-7,9,12H,1,5H2,(H,13,14). The molecule has 0 saturated carbocycles. The molecule has 0 radical (unpaired) electrons. The van der Waals surface area contributed by atoms with Crippen LogP contribution in [0.2, 0.25) is 0 Å². The molecule has 1 rings (SSSR count). The lowest BCUT2D eigenvalue weighted by Gasteiger charge is -2.11. The molecule has 0 saturated heterocycles. The summed E-state index contributed by atoms with van der Waals surface area (Å²) >= 11 is 0. The molecule has 74 valence electrons. The molecule has 0 aromatic heterocycles. The summed E-state index contributed by atoms with van der Waals surface area (Å²) in [6, 6.07) is 6.45. The summed E-state index contributed by atoms with van der Waals surface area (Å²) in [5, 5.41) is 18.4. The van der Waals surface area contributed by atoms with E-state index in [1.54, 1.807) is 18.2 Å². The third kappa shape index (κ3) is 2.13. The van der Waals surface area contributed by atoms with Gasteiger partial charge in [-0.15, -0.1) is 6.58 Å². The summed E-state index contributed by atoms with van der Waals surface area (Å²) in [4.78, 5) is 10.9. The molecule has 0 amide bonds. The summed E-state index contributed by atoms with van der Waals surface area (Å²) in [6.07, 6.45) is 1.85. The Morgan fingerprint density at radius 1 is 1.50 bits per heavy atom. The van der Waals surface area contributed by atoms with Crippen molar-refractivity contribution < 1.29 is 15.0 Å². The zero-order chi connectivity index (χ0) is 10.6. The predicted molar refractivity (Wildman–Crippen MR) is 53.3 cm³/mol. The van der Waals surface area contributed by atoms with Gasteiger partial charge in [0.2, 0.25) is 0 Å². The van der Waals surface area contributed by atoms with E-state index in [1.807, 2.05) is 0 Å². The number of carbonyl (C=O) groups is 1. The average molecular weight is 192 g/mol. The van der Waals surface area contributed by atoms with Crippen LogP contribution in [0, 0.1) is 0 Å². The second-order valence-corrected chi connectivity index (χ2v) is 2.97. The van der Waals surface area contributed by atoms with Crippen molar-refractivity contribution in [1.82, 2.24) is 0 Å². The Morgan fingerprint density at radius 3 is 2.64 bits per heavy atom. The molecule has 0 aliphatic heterocycles. The lowest BCUT2D eigenvalue weighted by molar-refractivity contribution is -0.138. The van der Waals surface area contributed by atoms with Gasteiger partial charge in [0.1, 0.15) is 5.75 Å². The predicted octanol–water partition coefficient (Wildman–Crippen LogP) is 2.14. The topological polar surface area (TPSA) is 57.5 Å². The molecule has 14 heavy (non-hydrogen) atoms. The highest BCUT2D eigenvalue weighted by molar-refractivity contribution is 5.77. The molecule has 0 spiro atoms. The first-order chi connectivity index (χ1) is 6.66. The third-order valence-corrected chi connectivity index (χ3v) is 2.01. The number of aromatic hydroxyl groups is 1. The van der Waals surface area contributed by atoms with Gasteiger partial charge >= 0.3 is 5.97 Å². The Morgan fingerprint density at radius 2 is 2.14 bits per heavy atom. The Bertz CT molecular complexity index is 344. The molecule has 0 fully saturated rings. The number of para-hydroxylation sites is 1. The Labute approximate surface area is 82.3 Å². The molecule has 2 N–H and O–H groups in total. The minimum atomic E-state index is -0.952. The van der Waals surface area contributed by atoms with E-state index in [4.69, 9.17) is 5.11 Å². The van der Waals surface area contributed by atoms with Crippen molar-refractivity contribution in [2.24, 2.45) is 0 Å². The van der Waals surface area contributed by atoms with Crippen LogP contribution in [0.3, 0.4) is 0 Å². The summed E-state index contributed by atoms with van der Waals surface area (Å²) in [5.74, 6) is -1.65. The molecule has 0 bridgehead atoms. The number of phenolic OH excluding ortho intramolecular Hbond substituents is 1. The van der Waals surface area contributed by atoms with E-state index in [2.05, 4.69) is 6.58 Å². The fourth-order valence-electron chi connectivity index (χ4n) is 1.31. The van der Waals surface area contributed by atoms with Gasteiger partial charge in [-0.1, -0.05) is 24.3 Å². The Balaban J connectivity index is 3.04. The number of allylic oxidation sites excluding steroid dienone is 1. The maximum Gasteiger partial charge on any atom is 0.311 e. The molecule has 1 unspecified atom stereocenters. The van der Waals surface area contributed by atoms with E-state index in [0.29, 0.717) is 12.0 Å². The first-order valence-electron chi connectivity index (χ1n) is 4.28. The lowest BCUT2D eigenvalue weighted by atomic mass is 9.95. The number of carboxylic acid groups (broad SMARTS) is 1. The third-order valence-electron chi connectivity index (χ3n) is 2.01. The zero-order valence-corrected chi connectivity index (χ0v) is 7.68. The van der Waals surface area contributed by atoms with Gasteiger partial charge in [0, 0.05) is 5.56 Å². The summed E-state index contributed by atoms with van der Waals surface area (Å²) in [7, 11) is 0. The molecule has 3 heteroatoms. The minimum absolute atomic E-state index is 0.0155. The largest absolute Gasteiger partial charge is 0.508 e. The number of rotatable bonds is 4. The van der Waals surface area contributed by atoms with Gasteiger partial charge in [0.15, 0.2) is 0 Å². The maximum absolute atomic E-state index is 10.9. The van der Waals surface area contributed by atoms with E-state index in [1.165, 1.54) is 12.1 Å². The second kappa shape index (κ2) is 4.46. The first kappa shape index (κ1) is 10.3. The van der Waals surface area contributed by atoms with Crippen molar-refractivity contribution in [1.29, 1.82) is 0 Å². The molecule has 1 atom stereocenters. The van der Waals surface area contributed by atoms with Gasteiger partial charge in [-0.05, 0) is 12.5 Å². The highest BCUT2D eigenvalue weighted by Crippen LogP contribution is 2.28. The number of aliphatic carboxylic acids is 1. The SMILES string of the molecule is C=CCC(C(=O)O)c1ccccc1O. The number of carboxylic acids is 1. The van der Waals surface area contributed by atoms with E-state index < -0.39 is 11.9 Å². The van der Waals surface area contributed by atoms with E-state index in [0.717, 1.165) is 0 Å². The van der Waals surface area contributed by atoms with Crippen molar-refractivity contribution in [3.8, 4) is 5.75 Å². The molecular weight excluding hydrogens is 180 g/mol. The van der Waals surface area contributed by atoms with Crippen LogP contribution in [0.4, 0.5) is 0 Å². The van der Waals surface area contributed by atoms with Gasteiger partial charge in [0.25, 0.3) is 0 Å². The quantitative estimate of drug-likeness (QED) is 0.718. The van der Waals surface area contributed by atoms with Crippen LogP contribution in [0.5, 0.6) is 5.75 Å². The van der Waals surface area contributed by atoms with Crippen molar-refractivity contribution in [2.45, 2.75) is 12.3 Å². The van der Waals surface area contributed by atoms with Gasteiger partial charge in [-0.3, -0.25) is 4.79 Å². The van der Waals surface area contributed by atoms with E-state index in [-0.39, 0.29) is 5.75 Å². The van der Waals surface area contributed by atoms with Crippen LogP contribution in [0.25, 0.3) is 0 Å². The van der Waals surface area contributed by atoms with Crippen LogP contribution in [0.15, 0.2) is 36.9 Å². The van der Waals surface area contributed by atoms with Crippen LogP contribution < -0.4 is 0 Å². The van der Waals surface area contributed by atoms with Crippen molar-refractivity contribution >= 4 is 5.97 Å². The number of hydrogen-bond acceptors (Lipinski definition) is 2. The average Bonchev–Trinajstić information content (AvgIpc) is 2.15. The van der Waals surface area contributed by atoms with E-state index >= 15 is 0 Å². The van der Waals surface area contributed by atoms with Crippen LogP contribution in [-0.2, 0) is 4.79 Å². The summed E-state index contributed by atoms with van der Waals surface area (Å²) in [6.45, 7) is 3.49. The highest BCUT2D eigenvalue weighted by atomic mass is 16.4. The van der Waals surface area contributed by atoms with Crippen LogP contribution in [0.1, 0.15) is 17.9 Å². The van der Waals surface area contributed by atoms with Crippen LogP contribution >= 0.6 is 0 Å². The van der Waals surface area contributed by atoms with Crippen molar-refractivity contribution in [2.75, 3.05) is 0 Å². The van der Waals surface area contributed by atoms with Gasteiger partial charge in [-0.25, -0.2) is 0 Å². The molecule has 0 heterocycles. The van der Waals surface area contributed by atoms with Gasteiger partial charge in [-0.2, -0.15) is 0 Å². The smallest absolute Gasteiger partial charge is 0.311 e. The zero-order valence-electron chi connectivity index (χ0n) is 7.68. The second-order valence-electron chi connectivity index (χ2n) is 2.97. The van der Waals surface area contributed by atoms with Crippen molar-refractivity contribution in [3.05, 3.63) is 42.5 Å². The fraction of sp³-hybridized carbons (Fsp3) is 0.182. The molecule has 3 nitrogen and oxygen atoms in total. The monoisotopic (exact) mass is 192 g/mol. The lowest BCUT2D eigenvalue weighted by Crippen LogP contribution is -2.10. The molecule has 0 aliphatic carbocycles. The highest BCUT2D eigenvalue weighted by Gasteiger charge is 2.20. The number of phenols is 1. The van der Waals surface area contributed by atoms with Gasteiger partial charge in [0.05, 0.1) is 5.92 Å². The summed E-state index contributed by atoms with van der Waals surface area (Å²) in [5.41, 5.74) is 0.430. The molecular formula is C11H12O3. The first-order valence-corrected chi connectivity index (χ1v) is 4.28. The molecule has 1 aromatic carbocycles. The normalized spacial score (nSPS) is 12.0. The maximum atomic E-state index is 10.9. The number of benzene rings is 1. The van der Waals surface area contributed by atoms with Crippen LogP contribution in [-0.4, -0.2) is 16.2 Å². The molecule has 0 aliphatic rings. The fourth-order valence-corrected chi connectivity index (χ4v) is 1.31. The van der Waals surface area contributed by atoms with Crippen molar-refractivity contribution in [3.63, 3.8) is 0 Å². The minimum Gasteiger partial charge on any atom is -0.508 e. The van der Waals surface area contributed by atoms with E-state index in [9.17, 15) is 9.90 Å². The Kier molecular flexibility index (Phi) is 3.29. The summed E-state index contributed by atoms with van der Waals surface area (Å²) < 4.78 is 0. The molecule has 1 aromatic rings. The Hall–Kier alpha value is -1.77. The number of hydrogen-bond donors (Lipinski definition) is 2. The van der Waals surface area contributed by atoms with Gasteiger partial charge < -0.3 is 10.2 Å².